The first-order chi connectivity index (χ1) is 14.3. The monoisotopic (exact) mass is 413 g/mol. The van der Waals surface area contributed by atoms with E-state index >= 15 is 0 Å². The number of amides is 2. The van der Waals surface area contributed by atoms with Crippen molar-refractivity contribution in [3.05, 3.63) is 53.6 Å². The molecular weight excluding hydrogens is 392 g/mol. The third-order valence-corrected chi connectivity index (χ3v) is 5.71. The molecule has 1 aliphatic carbocycles. The van der Waals surface area contributed by atoms with Crippen LogP contribution in [-0.4, -0.2) is 51.3 Å². The smallest absolute Gasteiger partial charge is 0.268 e. The highest BCUT2D eigenvalue weighted by molar-refractivity contribution is 5.98. The van der Waals surface area contributed by atoms with Gasteiger partial charge in [0.05, 0.1) is 19.2 Å². The summed E-state index contributed by atoms with van der Waals surface area (Å²) in [6, 6.07) is 4.19. The Morgan fingerprint density at radius 3 is 2.87 bits per heavy atom. The maximum Gasteiger partial charge on any atom is 0.268 e. The number of halogens is 2. The lowest BCUT2D eigenvalue weighted by Gasteiger charge is -2.19. The molecule has 4 rings (SSSR count). The molecule has 2 aliphatic rings. The quantitative estimate of drug-likeness (QED) is 0.814. The first kappa shape index (κ1) is 20.0. The van der Waals surface area contributed by atoms with E-state index in [-0.39, 0.29) is 5.92 Å². The van der Waals surface area contributed by atoms with Crippen LogP contribution in [0.2, 0.25) is 0 Å². The summed E-state index contributed by atoms with van der Waals surface area (Å²) in [6.45, 7) is -1.25. The van der Waals surface area contributed by atoms with Crippen molar-refractivity contribution in [2.45, 2.75) is 36.6 Å². The van der Waals surface area contributed by atoms with E-state index in [1.807, 2.05) is 17.8 Å². The van der Waals surface area contributed by atoms with Crippen LogP contribution in [-0.2, 0) is 11.8 Å². The van der Waals surface area contributed by atoms with E-state index in [1.165, 1.54) is 11.8 Å². The van der Waals surface area contributed by atoms with Crippen LogP contribution in [0.25, 0.3) is 0 Å². The second kappa shape index (κ2) is 7.52. The number of pyridine rings is 1. The van der Waals surface area contributed by atoms with Crippen molar-refractivity contribution < 1.29 is 18.4 Å². The minimum absolute atomic E-state index is 0.165. The number of carbonyl (C=O) groups excluding carboxylic acids is 2. The fourth-order valence-corrected chi connectivity index (χ4v) is 4.11. The molecule has 2 amide bonds. The summed E-state index contributed by atoms with van der Waals surface area (Å²) in [5.41, 5.74) is 2.43. The van der Waals surface area contributed by atoms with Crippen LogP contribution >= 0.6 is 0 Å². The molecule has 1 saturated carbocycles. The Labute approximate surface area is 172 Å². The van der Waals surface area contributed by atoms with E-state index in [9.17, 15) is 18.4 Å². The fraction of sp³-hybridized carbons (Fsp3) is 0.429. The molecule has 1 N–H and O–H groups in total. The number of aromatic nitrogens is 2. The van der Waals surface area contributed by atoms with E-state index in [0.717, 1.165) is 16.9 Å². The van der Waals surface area contributed by atoms with E-state index < -0.39 is 43.3 Å². The summed E-state index contributed by atoms with van der Waals surface area (Å²) in [5, 5.41) is 11.5. The average Bonchev–Trinajstić information content (AvgIpc) is 3.29. The second-order valence-electron chi connectivity index (χ2n) is 7.93. The summed E-state index contributed by atoms with van der Waals surface area (Å²) in [7, 11) is 1.95. The first-order valence-corrected chi connectivity index (χ1v) is 9.70. The predicted octanol–water partition coefficient (Wildman–Crippen LogP) is 2.18. The minimum atomic E-state index is -3.09. The lowest BCUT2D eigenvalue weighted by atomic mass is 10.0. The molecule has 3 heterocycles. The van der Waals surface area contributed by atoms with Crippen molar-refractivity contribution in [3.63, 3.8) is 0 Å². The lowest BCUT2D eigenvalue weighted by Crippen LogP contribution is -2.43. The molecule has 0 aromatic carbocycles. The van der Waals surface area contributed by atoms with Crippen molar-refractivity contribution in [2.75, 3.05) is 13.1 Å². The van der Waals surface area contributed by atoms with Crippen molar-refractivity contribution in [3.8, 4) is 6.07 Å². The third kappa shape index (κ3) is 3.90. The van der Waals surface area contributed by atoms with Crippen molar-refractivity contribution in [1.29, 1.82) is 5.26 Å². The third-order valence-electron chi connectivity index (χ3n) is 5.71. The van der Waals surface area contributed by atoms with Crippen LogP contribution in [0.3, 0.4) is 0 Å². The topological polar surface area (TPSA) is 91.0 Å². The van der Waals surface area contributed by atoms with Gasteiger partial charge in [0.25, 0.3) is 11.8 Å². The van der Waals surface area contributed by atoms with E-state index in [4.69, 9.17) is 5.26 Å². The number of rotatable bonds is 5. The average molecular weight is 413 g/mol. The SMILES string of the molecule is Cn1ccc(C2CC2c2cnccc2C(=O)NCC(=O)N2CC(F)(F)C[C@H]2C#N)c1. The standard InChI is InChI=1S/C21H21F2N5O2/c1-27-5-3-13(11-27)16-6-17(16)18-9-25-4-2-15(18)20(30)26-10-19(29)28-12-21(22,23)7-14(28)8-24/h2-5,9,11,14,16-17H,6-7,10,12H2,1H3,(H,26,30)/t14-,16?,17?/m0/s1. The molecule has 156 valence electrons. The Bertz CT molecular complexity index is 1030. The molecule has 7 nitrogen and oxygen atoms in total. The normalized spacial score (nSPS) is 24.3. The molecular formula is C21H21F2N5O2. The van der Waals surface area contributed by atoms with Gasteiger partial charge in [0.1, 0.15) is 6.04 Å². The number of likely N-dealkylation sites (tertiary alicyclic amines) is 1. The summed E-state index contributed by atoms with van der Waals surface area (Å²) < 4.78 is 29.1. The zero-order chi connectivity index (χ0) is 21.5. The van der Waals surface area contributed by atoms with Gasteiger partial charge >= 0.3 is 0 Å². The van der Waals surface area contributed by atoms with Crippen LogP contribution in [0.4, 0.5) is 8.78 Å². The maximum atomic E-state index is 13.5. The molecule has 3 atom stereocenters. The van der Waals surface area contributed by atoms with Gasteiger partial charge in [0.15, 0.2) is 0 Å². The highest BCUT2D eigenvalue weighted by atomic mass is 19.3. The molecule has 9 heteroatoms. The van der Waals surface area contributed by atoms with Crippen molar-refractivity contribution in [2.24, 2.45) is 7.05 Å². The molecule has 2 aromatic heterocycles. The van der Waals surface area contributed by atoms with E-state index in [0.29, 0.717) is 11.5 Å². The number of carbonyl (C=O) groups is 2. The summed E-state index contributed by atoms with van der Waals surface area (Å²) in [6.07, 6.45) is 7.42. The number of hydrogen-bond acceptors (Lipinski definition) is 4. The van der Waals surface area contributed by atoms with Gasteiger partial charge in [0.2, 0.25) is 5.91 Å². The van der Waals surface area contributed by atoms with E-state index in [2.05, 4.69) is 22.6 Å². The second-order valence-corrected chi connectivity index (χ2v) is 7.93. The van der Waals surface area contributed by atoms with Crippen molar-refractivity contribution in [1.82, 2.24) is 19.8 Å². The molecule has 2 fully saturated rings. The molecule has 1 aliphatic heterocycles. The molecule has 0 bridgehead atoms. The van der Waals surface area contributed by atoms with Gasteiger partial charge < -0.3 is 14.8 Å². The molecule has 1 saturated heterocycles. The summed E-state index contributed by atoms with van der Waals surface area (Å²) >= 11 is 0. The van der Waals surface area contributed by atoms with Crippen LogP contribution in [0.1, 0.15) is 46.2 Å². The molecule has 0 spiro atoms. The van der Waals surface area contributed by atoms with Gasteiger partial charge in [-0.05, 0) is 41.5 Å². The van der Waals surface area contributed by atoms with Gasteiger partial charge in [-0.3, -0.25) is 14.6 Å². The van der Waals surface area contributed by atoms with Gasteiger partial charge in [-0.15, -0.1) is 0 Å². The van der Waals surface area contributed by atoms with Crippen LogP contribution < -0.4 is 5.32 Å². The van der Waals surface area contributed by atoms with Crippen LogP contribution in [0.5, 0.6) is 0 Å². The van der Waals surface area contributed by atoms with Crippen molar-refractivity contribution >= 4 is 11.8 Å². The largest absolute Gasteiger partial charge is 0.357 e. The Morgan fingerprint density at radius 1 is 1.37 bits per heavy atom. The highest BCUT2D eigenvalue weighted by Crippen LogP contribution is 2.55. The highest BCUT2D eigenvalue weighted by Gasteiger charge is 2.47. The number of nitrogens with one attached hydrogen (secondary N) is 1. The fourth-order valence-electron chi connectivity index (χ4n) is 4.11. The Balaban J connectivity index is 1.41. The first-order valence-electron chi connectivity index (χ1n) is 9.70. The van der Waals surface area contributed by atoms with Gasteiger partial charge in [-0.25, -0.2) is 8.78 Å². The Kier molecular flexibility index (Phi) is 5.02. The van der Waals surface area contributed by atoms with Gasteiger partial charge in [0, 0.05) is 43.8 Å². The number of nitriles is 1. The predicted molar refractivity (Wildman–Crippen MR) is 103 cm³/mol. The summed E-state index contributed by atoms with van der Waals surface area (Å²) in [5.74, 6) is -3.77. The molecule has 2 aromatic rings. The van der Waals surface area contributed by atoms with Crippen LogP contribution in [0, 0.1) is 11.3 Å². The van der Waals surface area contributed by atoms with Gasteiger partial charge in [-0.1, -0.05) is 0 Å². The molecule has 2 unspecified atom stereocenters. The van der Waals surface area contributed by atoms with Crippen LogP contribution in [0.15, 0.2) is 36.9 Å². The lowest BCUT2D eigenvalue weighted by molar-refractivity contribution is -0.131. The Hall–Kier alpha value is -3.28. The number of aryl methyl sites for hydroxylation is 1. The zero-order valence-corrected chi connectivity index (χ0v) is 16.4. The Morgan fingerprint density at radius 2 is 2.17 bits per heavy atom. The number of hydrogen-bond donors (Lipinski definition) is 1. The summed E-state index contributed by atoms with van der Waals surface area (Å²) in [4.78, 5) is 30.0. The minimum Gasteiger partial charge on any atom is -0.357 e. The van der Waals surface area contributed by atoms with Gasteiger partial charge in [-0.2, -0.15) is 5.26 Å². The maximum absolute atomic E-state index is 13.5. The number of nitrogens with zero attached hydrogens (tertiary/aromatic N) is 4. The van der Waals surface area contributed by atoms with E-state index in [1.54, 1.807) is 18.3 Å². The molecule has 0 radical (unpaired) electrons. The number of alkyl halides is 2. The molecule has 30 heavy (non-hydrogen) atoms. The zero-order valence-electron chi connectivity index (χ0n) is 16.4.